The molecule has 1 unspecified atom stereocenters. The van der Waals surface area contributed by atoms with Crippen LogP contribution in [0, 0.1) is 11.5 Å². The molecule has 0 N–H and O–H groups in total. The van der Waals surface area contributed by atoms with E-state index in [2.05, 4.69) is 51.9 Å². The molecule has 0 spiro atoms. The largest absolute Gasteiger partial charge is 0.470 e. The van der Waals surface area contributed by atoms with Crippen LogP contribution >= 0.6 is 0 Å². The maximum absolute atomic E-state index is 5.85. The molecule has 0 aromatic heterocycles. The van der Waals surface area contributed by atoms with Crippen molar-refractivity contribution in [2.24, 2.45) is 0 Å². The van der Waals surface area contributed by atoms with E-state index in [1.165, 1.54) is 0 Å². The van der Waals surface area contributed by atoms with Crippen molar-refractivity contribution in [3.05, 3.63) is 0 Å². The third-order valence-corrected chi connectivity index (χ3v) is 3.27. The molecule has 1 aliphatic rings. The fourth-order valence-electron chi connectivity index (χ4n) is 1.92. The highest BCUT2D eigenvalue weighted by atomic mass is 28.3. The maximum atomic E-state index is 5.85. The minimum atomic E-state index is -1.27. The van der Waals surface area contributed by atoms with E-state index in [1.54, 1.807) is 0 Å². The third-order valence-electron chi connectivity index (χ3n) is 2.35. The summed E-state index contributed by atoms with van der Waals surface area (Å²) in [5.41, 5.74) is 3.26. The normalized spacial score (nSPS) is 24.9. The fourth-order valence-corrected chi connectivity index (χ4v) is 2.55. The zero-order chi connectivity index (χ0) is 12.4. The van der Waals surface area contributed by atoms with E-state index in [4.69, 9.17) is 9.31 Å². The van der Waals surface area contributed by atoms with Crippen LogP contribution in [0.1, 0.15) is 27.2 Å². The van der Waals surface area contributed by atoms with Gasteiger partial charge in [-0.1, -0.05) is 19.6 Å². The summed E-state index contributed by atoms with van der Waals surface area (Å²) >= 11 is 0. The van der Waals surface area contributed by atoms with Crippen LogP contribution in [0.4, 0.5) is 0 Å². The lowest BCUT2D eigenvalue weighted by Gasteiger charge is -2.37. The Labute approximate surface area is 101 Å². The summed E-state index contributed by atoms with van der Waals surface area (Å²) in [4.78, 5) is 0. The Morgan fingerprint density at radius 3 is 2.50 bits per heavy atom. The first-order chi connectivity index (χ1) is 7.18. The second kappa shape index (κ2) is 4.95. The third kappa shape index (κ3) is 5.20. The molecule has 0 bridgehead atoms. The topological polar surface area (TPSA) is 18.5 Å². The number of hydrogen-bond acceptors (Lipinski definition) is 2. The Morgan fingerprint density at radius 1 is 1.38 bits per heavy atom. The first kappa shape index (κ1) is 13.8. The van der Waals surface area contributed by atoms with Gasteiger partial charge in [0.15, 0.2) is 0 Å². The van der Waals surface area contributed by atoms with E-state index in [-0.39, 0.29) is 18.8 Å². The maximum Gasteiger partial charge on any atom is 0.470 e. The van der Waals surface area contributed by atoms with Crippen LogP contribution in [0.3, 0.4) is 0 Å². The van der Waals surface area contributed by atoms with Gasteiger partial charge in [-0.3, -0.25) is 0 Å². The van der Waals surface area contributed by atoms with Crippen molar-refractivity contribution in [1.82, 2.24) is 0 Å². The van der Waals surface area contributed by atoms with Crippen LogP contribution in [0.2, 0.25) is 26.0 Å². The van der Waals surface area contributed by atoms with Crippen LogP contribution in [0.15, 0.2) is 0 Å². The molecule has 90 valence electrons. The van der Waals surface area contributed by atoms with Crippen LogP contribution < -0.4 is 0 Å². The fraction of sp³-hybridized carbons (Fsp3) is 0.833. The van der Waals surface area contributed by atoms with Gasteiger partial charge in [0.25, 0.3) is 0 Å². The summed E-state index contributed by atoms with van der Waals surface area (Å²) in [5.74, 6) is 3.22. The quantitative estimate of drug-likeness (QED) is 0.516. The number of hydrogen-bond donors (Lipinski definition) is 0. The Hall–Kier alpha value is -0.238. The van der Waals surface area contributed by atoms with E-state index in [9.17, 15) is 0 Å². The number of rotatable bonds is 1. The van der Waals surface area contributed by atoms with E-state index < -0.39 is 8.07 Å². The van der Waals surface area contributed by atoms with Gasteiger partial charge in [0.1, 0.15) is 8.07 Å². The standard InChI is InChI=1S/C12H23BO2Si/c1-11-10-12(2,3)15-13(14-11)8-7-9-16(4,5)6/h11H,8,10H2,1-6H3. The summed E-state index contributed by atoms with van der Waals surface area (Å²) in [6, 6.07) is 0. The van der Waals surface area contributed by atoms with Crippen molar-refractivity contribution in [3.63, 3.8) is 0 Å². The predicted octanol–water partition coefficient (Wildman–Crippen LogP) is 2.96. The van der Waals surface area contributed by atoms with E-state index in [0.717, 1.165) is 6.42 Å². The van der Waals surface area contributed by atoms with Crippen LogP contribution in [-0.4, -0.2) is 26.9 Å². The Kier molecular flexibility index (Phi) is 4.28. The average molecular weight is 238 g/mol. The monoisotopic (exact) mass is 238 g/mol. The Morgan fingerprint density at radius 2 is 2.00 bits per heavy atom. The van der Waals surface area contributed by atoms with Gasteiger partial charge in [0.2, 0.25) is 0 Å². The second-order valence-electron chi connectivity index (χ2n) is 6.21. The summed E-state index contributed by atoms with van der Waals surface area (Å²) in [7, 11) is -1.42. The summed E-state index contributed by atoms with van der Waals surface area (Å²) in [6.45, 7) is 13.1. The molecule has 1 atom stereocenters. The summed E-state index contributed by atoms with van der Waals surface area (Å²) in [5, 5.41) is 0. The van der Waals surface area contributed by atoms with Crippen LogP contribution in [0.25, 0.3) is 0 Å². The smallest absolute Gasteiger partial charge is 0.408 e. The minimum Gasteiger partial charge on any atom is -0.408 e. The zero-order valence-corrected chi connectivity index (χ0v) is 12.4. The molecule has 2 nitrogen and oxygen atoms in total. The van der Waals surface area contributed by atoms with Gasteiger partial charge in [0, 0.05) is 12.4 Å². The van der Waals surface area contributed by atoms with Gasteiger partial charge >= 0.3 is 7.12 Å². The molecule has 0 radical (unpaired) electrons. The molecular formula is C12H23BO2Si. The van der Waals surface area contributed by atoms with Gasteiger partial charge in [-0.05, 0) is 27.2 Å². The molecular weight excluding hydrogens is 215 g/mol. The lowest BCUT2D eigenvalue weighted by atomic mass is 9.80. The van der Waals surface area contributed by atoms with Gasteiger partial charge in [-0.15, -0.1) is 11.5 Å². The molecule has 4 heteroatoms. The van der Waals surface area contributed by atoms with Crippen LogP contribution in [0.5, 0.6) is 0 Å². The van der Waals surface area contributed by atoms with Crippen molar-refractivity contribution in [2.75, 3.05) is 0 Å². The molecule has 0 amide bonds. The van der Waals surface area contributed by atoms with Crippen molar-refractivity contribution < 1.29 is 9.31 Å². The van der Waals surface area contributed by atoms with Crippen molar-refractivity contribution in [1.29, 1.82) is 0 Å². The average Bonchev–Trinajstić information content (AvgIpc) is 1.96. The van der Waals surface area contributed by atoms with Crippen molar-refractivity contribution >= 4 is 15.2 Å². The minimum absolute atomic E-state index is 0.0802. The van der Waals surface area contributed by atoms with Gasteiger partial charge in [-0.25, -0.2) is 0 Å². The zero-order valence-electron chi connectivity index (χ0n) is 11.4. The van der Waals surface area contributed by atoms with E-state index in [0.29, 0.717) is 6.32 Å². The van der Waals surface area contributed by atoms with Gasteiger partial charge < -0.3 is 9.31 Å². The predicted molar refractivity (Wildman–Crippen MR) is 72.0 cm³/mol. The summed E-state index contributed by atoms with van der Waals surface area (Å²) in [6.07, 6.45) is 1.91. The molecule has 0 saturated carbocycles. The van der Waals surface area contributed by atoms with E-state index >= 15 is 0 Å². The molecule has 1 saturated heterocycles. The van der Waals surface area contributed by atoms with Crippen molar-refractivity contribution in [3.8, 4) is 11.5 Å². The highest BCUT2D eigenvalue weighted by Gasteiger charge is 2.36. The van der Waals surface area contributed by atoms with E-state index in [1.807, 2.05) is 0 Å². The molecule has 0 aromatic carbocycles. The highest BCUT2D eigenvalue weighted by Crippen LogP contribution is 2.26. The lowest BCUT2D eigenvalue weighted by molar-refractivity contribution is -0.0274. The Bertz CT molecular complexity index is 298. The lowest BCUT2D eigenvalue weighted by Crippen LogP contribution is -2.45. The molecule has 0 aliphatic carbocycles. The second-order valence-corrected chi connectivity index (χ2v) is 11.0. The molecule has 1 aliphatic heterocycles. The first-order valence-corrected chi connectivity index (χ1v) is 9.51. The Balaban J connectivity index is 2.51. The SMILES string of the molecule is CC1CC(C)(C)OB(CC#C[Si](C)(C)C)O1. The molecule has 16 heavy (non-hydrogen) atoms. The molecule has 1 fully saturated rings. The highest BCUT2D eigenvalue weighted by molar-refractivity contribution is 6.83. The van der Waals surface area contributed by atoms with Crippen LogP contribution in [-0.2, 0) is 9.31 Å². The molecule has 1 heterocycles. The first-order valence-electron chi connectivity index (χ1n) is 6.01. The molecule has 1 rings (SSSR count). The van der Waals surface area contributed by atoms with Gasteiger partial charge in [-0.2, -0.15) is 0 Å². The summed E-state index contributed by atoms with van der Waals surface area (Å²) < 4.78 is 11.6. The van der Waals surface area contributed by atoms with Gasteiger partial charge in [0.05, 0.1) is 5.60 Å². The molecule has 0 aromatic rings. The van der Waals surface area contributed by atoms with Crippen molar-refractivity contribution in [2.45, 2.75) is 64.9 Å².